The van der Waals surface area contributed by atoms with Crippen LogP contribution in [-0.2, 0) is 11.2 Å². The molecule has 1 atom stereocenters. The Morgan fingerprint density at radius 3 is 2.14 bits per heavy atom. The molecule has 0 fully saturated rings. The van der Waals surface area contributed by atoms with Gasteiger partial charge in [-0.25, -0.2) is 0 Å². The lowest BCUT2D eigenvalue weighted by Crippen LogP contribution is -2.51. The lowest BCUT2D eigenvalue weighted by atomic mass is 10.1. The highest BCUT2D eigenvalue weighted by molar-refractivity contribution is 5.69. The van der Waals surface area contributed by atoms with Crippen LogP contribution in [-0.4, -0.2) is 10.9 Å². The summed E-state index contributed by atoms with van der Waals surface area (Å²) < 4.78 is 0. The van der Waals surface area contributed by atoms with Gasteiger partial charge < -0.3 is 15.6 Å². The third kappa shape index (κ3) is 5.72. The molecule has 2 aromatic carbocycles. The topological polar surface area (TPSA) is 111 Å². The van der Waals surface area contributed by atoms with E-state index >= 15 is 0 Å². The number of para-hydroxylation sites is 1. The van der Waals surface area contributed by atoms with Crippen LogP contribution in [0.15, 0.2) is 54.6 Å². The van der Waals surface area contributed by atoms with Crippen LogP contribution in [0.3, 0.4) is 0 Å². The van der Waals surface area contributed by atoms with Gasteiger partial charge in [0.15, 0.2) is 0 Å². The van der Waals surface area contributed by atoms with E-state index in [1.165, 1.54) is 23.8 Å². The van der Waals surface area contributed by atoms with E-state index < -0.39 is 17.3 Å². The molecule has 0 aliphatic rings. The molecular weight excluding hydrogens is 284 g/mol. The lowest BCUT2D eigenvalue weighted by Gasteiger charge is -2.02. The summed E-state index contributed by atoms with van der Waals surface area (Å²) in [6, 6.07) is 16.4. The SMILES string of the molecule is C[C@H]([NH3+])c1ccccc1.O=C([O-])Cc1ccccc1[N+](=O)[O-]. The number of nitro benzene ring substituents is 1. The van der Waals surface area contributed by atoms with Crippen LogP contribution in [0.1, 0.15) is 24.1 Å². The smallest absolute Gasteiger partial charge is 0.272 e. The Balaban J connectivity index is 0.000000235. The second kappa shape index (κ2) is 8.53. The number of aliphatic carboxylic acids is 1. The number of nitrogens with zero attached hydrogens (tertiary/aromatic N) is 1. The van der Waals surface area contributed by atoms with Crippen LogP contribution in [0.5, 0.6) is 0 Å². The normalized spacial score (nSPS) is 11.0. The van der Waals surface area contributed by atoms with Gasteiger partial charge in [-0.3, -0.25) is 10.1 Å². The fourth-order valence-corrected chi connectivity index (χ4v) is 1.78. The third-order valence-electron chi connectivity index (χ3n) is 2.89. The molecule has 2 rings (SSSR count). The van der Waals surface area contributed by atoms with Crippen molar-refractivity contribution in [3.63, 3.8) is 0 Å². The summed E-state index contributed by atoms with van der Waals surface area (Å²) in [5.41, 5.74) is 5.18. The summed E-state index contributed by atoms with van der Waals surface area (Å²) >= 11 is 0. The van der Waals surface area contributed by atoms with Gasteiger partial charge in [0.05, 0.1) is 4.92 Å². The highest BCUT2D eigenvalue weighted by Crippen LogP contribution is 2.17. The van der Waals surface area contributed by atoms with Crippen molar-refractivity contribution in [2.75, 3.05) is 0 Å². The molecule has 3 N–H and O–H groups in total. The first kappa shape index (κ1) is 17.3. The van der Waals surface area contributed by atoms with E-state index in [0.717, 1.165) is 0 Å². The zero-order chi connectivity index (χ0) is 16.5. The first-order valence-electron chi connectivity index (χ1n) is 6.72. The van der Waals surface area contributed by atoms with E-state index in [2.05, 4.69) is 24.8 Å². The largest absolute Gasteiger partial charge is 0.550 e. The van der Waals surface area contributed by atoms with Crippen molar-refractivity contribution in [3.05, 3.63) is 75.8 Å². The third-order valence-corrected chi connectivity index (χ3v) is 2.89. The number of carboxylic acids is 1. The molecule has 0 heterocycles. The maximum absolute atomic E-state index is 10.4. The maximum atomic E-state index is 10.4. The van der Waals surface area contributed by atoms with Crippen molar-refractivity contribution < 1.29 is 20.6 Å². The van der Waals surface area contributed by atoms with Crippen LogP contribution in [0.4, 0.5) is 5.69 Å². The Labute approximate surface area is 128 Å². The number of benzene rings is 2. The molecule has 0 saturated heterocycles. The summed E-state index contributed by atoms with van der Waals surface area (Å²) in [5, 5.41) is 20.6. The molecule has 0 spiro atoms. The fraction of sp³-hybridized carbons (Fsp3) is 0.188. The van der Waals surface area contributed by atoms with Gasteiger partial charge in [-0.2, -0.15) is 0 Å². The van der Waals surface area contributed by atoms with Gasteiger partial charge >= 0.3 is 0 Å². The van der Waals surface area contributed by atoms with Crippen molar-refractivity contribution in [1.82, 2.24) is 0 Å². The number of carbonyl (C=O) groups is 1. The summed E-state index contributed by atoms with van der Waals surface area (Å²) in [6.45, 7) is 2.09. The Morgan fingerprint density at radius 1 is 1.14 bits per heavy atom. The maximum Gasteiger partial charge on any atom is 0.272 e. The molecule has 0 aliphatic heterocycles. The monoisotopic (exact) mass is 302 g/mol. The molecule has 116 valence electrons. The number of quaternary nitrogens is 1. The van der Waals surface area contributed by atoms with Gasteiger partial charge in [0.25, 0.3) is 5.69 Å². The molecule has 0 saturated carbocycles. The number of carboxylic acid groups (broad SMARTS) is 1. The first-order valence-corrected chi connectivity index (χ1v) is 6.72. The zero-order valence-electron chi connectivity index (χ0n) is 12.3. The number of carbonyl (C=O) groups excluding carboxylic acids is 1. The molecule has 0 radical (unpaired) electrons. The van der Waals surface area contributed by atoms with Crippen LogP contribution in [0.25, 0.3) is 0 Å². The zero-order valence-corrected chi connectivity index (χ0v) is 12.3. The molecule has 22 heavy (non-hydrogen) atoms. The average Bonchev–Trinajstić information content (AvgIpc) is 2.48. The molecule has 0 aliphatic carbocycles. The molecule has 0 amide bonds. The number of nitro groups is 1. The van der Waals surface area contributed by atoms with Gasteiger partial charge in [0, 0.05) is 29.6 Å². The quantitative estimate of drug-likeness (QED) is 0.667. The van der Waals surface area contributed by atoms with Gasteiger partial charge in [0.1, 0.15) is 6.04 Å². The Morgan fingerprint density at radius 2 is 1.68 bits per heavy atom. The second-order valence-corrected chi connectivity index (χ2v) is 4.75. The van der Waals surface area contributed by atoms with Crippen molar-refractivity contribution in [2.24, 2.45) is 0 Å². The first-order chi connectivity index (χ1) is 10.4. The van der Waals surface area contributed by atoms with Crippen LogP contribution >= 0.6 is 0 Å². The molecule has 0 bridgehead atoms. The van der Waals surface area contributed by atoms with Crippen molar-refractivity contribution >= 4 is 11.7 Å². The summed E-state index contributed by atoms with van der Waals surface area (Å²) in [4.78, 5) is 20.0. The number of hydrogen-bond donors (Lipinski definition) is 1. The fourth-order valence-electron chi connectivity index (χ4n) is 1.78. The van der Waals surface area contributed by atoms with Crippen molar-refractivity contribution in [3.8, 4) is 0 Å². The Hall–Kier alpha value is -2.73. The summed E-state index contributed by atoms with van der Waals surface area (Å²) in [6.07, 6.45) is -0.433. The number of rotatable bonds is 4. The highest BCUT2D eigenvalue weighted by Gasteiger charge is 2.11. The van der Waals surface area contributed by atoms with E-state index in [9.17, 15) is 20.0 Å². The highest BCUT2D eigenvalue weighted by atomic mass is 16.6. The lowest BCUT2D eigenvalue weighted by molar-refractivity contribution is -0.420. The minimum absolute atomic E-state index is 0.160. The summed E-state index contributed by atoms with van der Waals surface area (Å²) in [5.74, 6) is -1.32. The molecule has 2 aromatic rings. The van der Waals surface area contributed by atoms with Gasteiger partial charge in [0.2, 0.25) is 0 Å². The van der Waals surface area contributed by atoms with E-state index in [0.29, 0.717) is 6.04 Å². The van der Waals surface area contributed by atoms with Gasteiger partial charge in [-0.15, -0.1) is 0 Å². The minimum atomic E-state index is -1.32. The van der Waals surface area contributed by atoms with Crippen LogP contribution in [0.2, 0.25) is 0 Å². The Kier molecular flexibility index (Phi) is 6.72. The van der Waals surface area contributed by atoms with E-state index in [1.54, 1.807) is 6.07 Å². The van der Waals surface area contributed by atoms with Crippen molar-refractivity contribution in [1.29, 1.82) is 0 Å². The minimum Gasteiger partial charge on any atom is -0.550 e. The molecule has 0 unspecified atom stereocenters. The van der Waals surface area contributed by atoms with E-state index in [-0.39, 0.29) is 11.3 Å². The van der Waals surface area contributed by atoms with Crippen LogP contribution in [0, 0.1) is 10.1 Å². The number of hydrogen-bond acceptors (Lipinski definition) is 4. The molecular formula is C16H18N2O4. The molecule has 6 nitrogen and oxygen atoms in total. The molecule has 6 heteroatoms. The average molecular weight is 302 g/mol. The van der Waals surface area contributed by atoms with Crippen LogP contribution < -0.4 is 10.8 Å². The van der Waals surface area contributed by atoms with E-state index in [4.69, 9.17) is 0 Å². The summed E-state index contributed by atoms with van der Waals surface area (Å²) in [7, 11) is 0. The standard InChI is InChI=1S/C8H7NO4.C8H11N/c10-8(11)5-6-3-1-2-4-7(6)9(12)13;1-7(9)8-5-3-2-4-6-8/h1-4H,5H2,(H,10,11);2-7H,9H2,1H3/t;7-/m.0/s1. The molecule has 0 aromatic heterocycles. The predicted octanol–water partition coefficient (Wildman–Crippen LogP) is 0.877. The Bertz CT molecular complexity index is 627. The second-order valence-electron chi connectivity index (χ2n) is 4.75. The van der Waals surface area contributed by atoms with Crippen molar-refractivity contribution in [2.45, 2.75) is 19.4 Å². The van der Waals surface area contributed by atoms with E-state index in [1.807, 2.05) is 18.2 Å². The van der Waals surface area contributed by atoms with Gasteiger partial charge in [-0.1, -0.05) is 48.5 Å². The predicted molar refractivity (Wildman–Crippen MR) is 79.6 cm³/mol. The van der Waals surface area contributed by atoms with Gasteiger partial charge in [-0.05, 0) is 6.92 Å².